The van der Waals surface area contributed by atoms with Crippen LogP contribution in [0.25, 0.3) is 0 Å². The van der Waals surface area contributed by atoms with E-state index in [0.29, 0.717) is 31.9 Å². The van der Waals surface area contributed by atoms with Crippen LogP contribution >= 0.6 is 0 Å². The summed E-state index contributed by atoms with van der Waals surface area (Å²) in [5.41, 5.74) is 3.65. The van der Waals surface area contributed by atoms with Crippen LogP contribution in [0, 0.1) is 0 Å². The van der Waals surface area contributed by atoms with E-state index < -0.39 is 10.0 Å². The topological polar surface area (TPSA) is 79.0 Å². The first-order chi connectivity index (χ1) is 19.5. The van der Waals surface area contributed by atoms with Crippen LogP contribution in [0.3, 0.4) is 0 Å². The summed E-state index contributed by atoms with van der Waals surface area (Å²) < 4.78 is 33.7. The molecule has 206 valence electrons. The fraction of sp³-hybridized carbons (Fsp3) is 0.219. The lowest BCUT2D eigenvalue weighted by molar-refractivity contribution is -0.116. The molecule has 0 radical (unpaired) electrons. The second kappa shape index (κ2) is 12.4. The van der Waals surface area contributed by atoms with Crippen LogP contribution in [-0.2, 0) is 14.8 Å². The van der Waals surface area contributed by atoms with Crippen LogP contribution in [0.2, 0.25) is 0 Å². The molecule has 5 rings (SSSR count). The predicted octanol–water partition coefficient (Wildman–Crippen LogP) is 5.37. The van der Waals surface area contributed by atoms with E-state index >= 15 is 0 Å². The highest BCUT2D eigenvalue weighted by Gasteiger charge is 2.29. The number of rotatable bonds is 9. The van der Waals surface area contributed by atoms with Crippen molar-refractivity contribution in [2.75, 3.05) is 43.5 Å². The Morgan fingerprint density at radius 2 is 1.32 bits per heavy atom. The molecule has 40 heavy (non-hydrogen) atoms. The number of piperazine rings is 1. The highest BCUT2D eigenvalue weighted by Crippen LogP contribution is 2.30. The summed E-state index contributed by atoms with van der Waals surface area (Å²) in [4.78, 5) is 15.4. The number of sulfonamides is 1. The maximum atomic E-state index is 13.3. The number of methoxy groups -OCH3 is 1. The molecule has 1 N–H and O–H groups in total. The molecule has 1 aliphatic heterocycles. The number of amides is 1. The molecule has 1 aliphatic rings. The molecule has 4 aromatic rings. The first-order valence-electron chi connectivity index (χ1n) is 13.3. The van der Waals surface area contributed by atoms with Gasteiger partial charge in [-0.05, 0) is 47.5 Å². The average molecular weight is 556 g/mol. The van der Waals surface area contributed by atoms with Gasteiger partial charge in [-0.25, -0.2) is 8.42 Å². The molecule has 0 bridgehead atoms. The summed E-state index contributed by atoms with van der Waals surface area (Å²) in [6.45, 7) is 1.88. The van der Waals surface area contributed by atoms with E-state index in [4.69, 9.17) is 4.74 Å². The van der Waals surface area contributed by atoms with Crippen molar-refractivity contribution in [3.05, 3.63) is 120 Å². The number of benzene rings is 4. The lowest BCUT2D eigenvalue weighted by atomic mass is 9.88. The van der Waals surface area contributed by atoms with Crippen molar-refractivity contribution in [2.45, 2.75) is 17.2 Å². The van der Waals surface area contributed by atoms with Crippen LogP contribution in [0.15, 0.2) is 114 Å². The van der Waals surface area contributed by atoms with Gasteiger partial charge in [-0.1, -0.05) is 72.8 Å². The standard InChI is InChI=1S/C32H33N3O4S/c1-39-31-15-9-8-14-30(31)34-20-22-35(23-21-34)40(37,38)28-18-16-27(17-19-28)33-32(36)24-29(25-10-4-2-5-11-25)26-12-6-3-7-13-26/h2-19,29H,20-24H2,1H3,(H,33,36). The quantitative estimate of drug-likeness (QED) is 0.301. The summed E-state index contributed by atoms with van der Waals surface area (Å²) >= 11 is 0. The maximum absolute atomic E-state index is 13.3. The van der Waals surface area contributed by atoms with Gasteiger partial charge in [0.15, 0.2) is 0 Å². The number of hydrogen-bond donors (Lipinski definition) is 1. The molecule has 1 saturated heterocycles. The normalized spacial score (nSPS) is 14.2. The van der Waals surface area contributed by atoms with Gasteiger partial charge < -0.3 is 15.0 Å². The van der Waals surface area contributed by atoms with Gasteiger partial charge in [-0.2, -0.15) is 4.31 Å². The van der Waals surface area contributed by atoms with Crippen LogP contribution in [0.5, 0.6) is 5.75 Å². The third kappa shape index (κ3) is 6.19. The molecule has 0 saturated carbocycles. The molecule has 1 fully saturated rings. The minimum absolute atomic E-state index is 0.0865. The molecular weight excluding hydrogens is 522 g/mol. The second-order valence-electron chi connectivity index (χ2n) is 9.71. The van der Waals surface area contributed by atoms with Crippen LogP contribution < -0.4 is 15.0 Å². The van der Waals surface area contributed by atoms with Gasteiger partial charge in [0.25, 0.3) is 0 Å². The van der Waals surface area contributed by atoms with Crippen molar-refractivity contribution >= 4 is 27.3 Å². The Labute approximate surface area is 236 Å². The molecule has 1 amide bonds. The minimum atomic E-state index is -3.66. The molecule has 0 spiro atoms. The fourth-order valence-electron chi connectivity index (χ4n) is 5.12. The number of nitrogens with zero attached hydrogens (tertiary/aromatic N) is 2. The summed E-state index contributed by atoms with van der Waals surface area (Å²) in [5.74, 6) is 0.549. The van der Waals surface area contributed by atoms with E-state index in [1.54, 1.807) is 31.4 Å². The van der Waals surface area contributed by atoms with Gasteiger partial charge in [-0.15, -0.1) is 0 Å². The Morgan fingerprint density at radius 3 is 1.90 bits per heavy atom. The highest BCUT2D eigenvalue weighted by atomic mass is 32.2. The number of ether oxygens (including phenoxy) is 1. The third-order valence-corrected chi connectivity index (χ3v) is 9.15. The number of para-hydroxylation sites is 2. The maximum Gasteiger partial charge on any atom is 0.243 e. The summed E-state index contributed by atoms with van der Waals surface area (Å²) in [6.07, 6.45) is 0.268. The molecule has 8 heteroatoms. The average Bonchev–Trinajstić information content (AvgIpc) is 3.01. The predicted molar refractivity (Wildman–Crippen MR) is 158 cm³/mol. The van der Waals surface area contributed by atoms with Crippen molar-refractivity contribution in [3.63, 3.8) is 0 Å². The zero-order chi connectivity index (χ0) is 28.0. The first-order valence-corrected chi connectivity index (χ1v) is 14.8. The fourth-order valence-corrected chi connectivity index (χ4v) is 6.54. The van der Waals surface area contributed by atoms with Crippen LogP contribution in [-0.4, -0.2) is 51.9 Å². The summed E-state index contributed by atoms with van der Waals surface area (Å²) in [7, 11) is -2.02. The number of carbonyl (C=O) groups is 1. The lowest BCUT2D eigenvalue weighted by Gasteiger charge is -2.35. The van der Waals surface area contributed by atoms with Crippen molar-refractivity contribution < 1.29 is 17.9 Å². The van der Waals surface area contributed by atoms with Crippen molar-refractivity contribution in [2.24, 2.45) is 0 Å². The zero-order valence-electron chi connectivity index (χ0n) is 22.4. The number of hydrogen-bond acceptors (Lipinski definition) is 5. The molecule has 4 aromatic carbocycles. The lowest BCUT2D eigenvalue weighted by Crippen LogP contribution is -2.48. The zero-order valence-corrected chi connectivity index (χ0v) is 23.3. The van der Waals surface area contributed by atoms with Gasteiger partial charge in [0.1, 0.15) is 5.75 Å². The van der Waals surface area contributed by atoms with E-state index in [2.05, 4.69) is 10.2 Å². The molecule has 1 heterocycles. The van der Waals surface area contributed by atoms with Crippen LogP contribution in [0.4, 0.5) is 11.4 Å². The van der Waals surface area contributed by atoms with E-state index in [0.717, 1.165) is 22.6 Å². The van der Waals surface area contributed by atoms with Crippen LogP contribution in [0.1, 0.15) is 23.5 Å². The monoisotopic (exact) mass is 555 g/mol. The van der Waals surface area contributed by atoms with Crippen molar-refractivity contribution in [1.82, 2.24) is 4.31 Å². The van der Waals surface area contributed by atoms with Crippen molar-refractivity contribution in [1.29, 1.82) is 0 Å². The van der Waals surface area contributed by atoms with Gasteiger partial charge >= 0.3 is 0 Å². The van der Waals surface area contributed by atoms with E-state index in [1.165, 1.54) is 4.31 Å². The summed E-state index contributed by atoms with van der Waals surface area (Å²) in [5, 5.41) is 2.94. The Kier molecular flexibility index (Phi) is 8.48. The van der Waals surface area contributed by atoms with E-state index in [9.17, 15) is 13.2 Å². The first kappa shape index (κ1) is 27.4. The second-order valence-corrected chi connectivity index (χ2v) is 11.7. The molecule has 0 aliphatic carbocycles. The number of anilines is 2. The minimum Gasteiger partial charge on any atom is -0.495 e. The smallest absolute Gasteiger partial charge is 0.243 e. The summed E-state index contributed by atoms with van der Waals surface area (Å²) in [6, 6.07) is 34.1. The number of nitrogens with one attached hydrogen (secondary N) is 1. The van der Waals surface area contributed by atoms with E-state index in [1.807, 2.05) is 84.9 Å². The molecule has 0 atom stereocenters. The SMILES string of the molecule is COc1ccccc1N1CCN(S(=O)(=O)c2ccc(NC(=O)CC(c3ccccc3)c3ccccc3)cc2)CC1. The molecular formula is C32H33N3O4S. The Bertz CT molecular complexity index is 1480. The Hall–Kier alpha value is -4.14. The number of carbonyl (C=O) groups excluding carboxylic acids is 1. The largest absolute Gasteiger partial charge is 0.495 e. The van der Waals surface area contributed by atoms with Gasteiger partial charge in [0, 0.05) is 44.2 Å². The van der Waals surface area contributed by atoms with Gasteiger partial charge in [-0.3, -0.25) is 4.79 Å². The highest BCUT2D eigenvalue weighted by molar-refractivity contribution is 7.89. The Morgan fingerprint density at radius 1 is 0.775 bits per heavy atom. The Balaban J connectivity index is 1.22. The molecule has 7 nitrogen and oxygen atoms in total. The third-order valence-electron chi connectivity index (χ3n) is 7.23. The van der Waals surface area contributed by atoms with Gasteiger partial charge in [0.05, 0.1) is 17.7 Å². The molecule has 0 aromatic heterocycles. The van der Waals surface area contributed by atoms with E-state index in [-0.39, 0.29) is 23.1 Å². The molecule has 0 unspecified atom stereocenters. The van der Waals surface area contributed by atoms with Crippen molar-refractivity contribution in [3.8, 4) is 5.75 Å². The van der Waals surface area contributed by atoms with Gasteiger partial charge in [0.2, 0.25) is 15.9 Å².